The van der Waals surface area contributed by atoms with Crippen molar-refractivity contribution in [2.75, 3.05) is 11.9 Å². The molecule has 1 N–H and O–H groups in total. The topological polar surface area (TPSA) is 23.5 Å². The van der Waals surface area contributed by atoms with E-state index < -0.39 is 0 Å². The van der Waals surface area contributed by atoms with Gasteiger partial charge in [0.2, 0.25) is 0 Å². The normalized spacial score (nSPS) is 18.1. The minimum Gasteiger partial charge on any atom is -0.506 e. The second-order valence-corrected chi connectivity index (χ2v) is 4.26. The number of benzene rings is 1. The molecule has 14 heavy (non-hydrogen) atoms. The van der Waals surface area contributed by atoms with Crippen LogP contribution in [0.15, 0.2) is 24.3 Å². The lowest BCUT2D eigenvalue weighted by molar-refractivity contribution is 0.468. The van der Waals surface area contributed by atoms with Crippen LogP contribution < -0.4 is 4.90 Å². The fraction of sp³-hybridized carbons (Fsp3) is 0.333. The molecular formula is C12H15NO. The van der Waals surface area contributed by atoms with Gasteiger partial charge in [0, 0.05) is 12.6 Å². The fourth-order valence-electron chi connectivity index (χ4n) is 1.74. The van der Waals surface area contributed by atoms with Crippen molar-refractivity contribution in [1.29, 1.82) is 0 Å². The molecule has 2 rings (SSSR count). The number of anilines is 1. The fourth-order valence-corrected chi connectivity index (χ4v) is 1.74. The van der Waals surface area contributed by atoms with Crippen LogP contribution in [-0.4, -0.2) is 17.7 Å². The van der Waals surface area contributed by atoms with Crippen molar-refractivity contribution in [2.45, 2.75) is 19.4 Å². The summed E-state index contributed by atoms with van der Waals surface area (Å²) in [5, 5.41) is 9.78. The van der Waals surface area contributed by atoms with Crippen molar-refractivity contribution >= 4 is 11.8 Å². The first-order valence-corrected chi connectivity index (χ1v) is 4.77. The van der Waals surface area contributed by atoms with Crippen molar-refractivity contribution in [2.24, 2.45) is 0 Å². The Morgan fingerprint density at radius 3 is 2.71 bits per heavy atom. The molecule has 1 aromatic rings. The zero-order valence-corrected chi connectivity index (χ0v) is 8.78. The van der Waals surface area contributed by atoms with Gasteiger partial charge in [0.15, 0.2) is 0 Å². The predicted molar refractivity (Wildman–Crippen MR) is 59.6 cm³/mol. The molecule has 1 heterocycles. The Balaban J connectivity index is 2.63. The highest BCUT2D eigenvalue weighted by Crippen LogP contribution is 2.39. The number of para-hydroxylation sites is 1. The maximum absolute atomic E-state index is 9.78. The van der Waals surface area contributed by atoms with Crippen molar-refractivity contribution in [1.82, 2.24) is 0 Å². The summed E-state index contributed by atoms with van der Waals surface area (Å²) in [6.45, 7) is 4.25. The zero-order valence-electron chi connectivity index (χ0n) is 8.78. The molecule has 0 fully saturated rings. The number of hydrogen-bond acceptors (Lipinski definition) is 2. The zero-order chi connectivity index (χ0) is 10.3. The van der Waals surface area contributed by atoms with Gasteiger partial charge < -0.3 is 10.0 Å². The van der Waals surface area contributed by atoms with E-state index in [2.05, 4.69) is 30.9 Å². The third-order valence-electron chi connectivity index (χ3n) is 2.92. The number of phenolic OH excluding ortho intramolecular Hbond substituents is 1. The van der Waals surface area contributed by atoms with Crippen molar-refractivity contribution in [3.63, 3.8) is 0 Å². The summed E-state index contributed by atoms with van der Waals surface area (Å²) >= 11 is 0. The highest BCUT2D eigenvalue weighted by Gasteiger charge is 2.27. The number of aromatic hydroxyl groups is 1. The Kier molecular flexibility index (Phi) is 1.81. The second kappa shape index (κ2) is 2.77. The molecule has 74 valence electrons. The third-order valence-corrected chi connectivity index (χ3v) is 2.92. The first-order valence-electron chi connectivity index (χ1n) is 4.77. The average Bonchev–Trinajstić information content (AvgIpc) is 2.12. The van der Waals surface area contributed by atoms with E-state index in [0.29, 0.717) is 5.75 Å². The Morgan fingerprint density at radius 1 is 1.29 bits per heavy atom. The van der Waals surface area contributed by atoms with Crippen LogP contribution in [0.4, 0.5) is 5.69 Å². The van der Waals surface area contributed by atoms with Crippen LogP contribution in [-0.2, 0) is 0 Å². The third kappa shape index (κ3) is 1.18. The van der Waals surface area contributed by atoms with Gasteiger partial charge in [0.05, 0.1) is 11.2 Å². The van der Waals surface area contributed by atoms with E-state index in [0.717, 1.165) is 11.3 Å². The number of nitrogens with zero attached hydrogens (tertiary/aromatic N) is 1. The van der Waals surface area contributed by atoms with Crippen molar-refractivity contribution in [3.05, 3.63) is 29.8 Å². The van der Waals surface area contributed by atoms with Gasteiger partial charge in [-0.2, -0.15) is 0 Å². The molecular weight excluding hydrogens is 174 g/mol. The van der Waals surface area contributed by atoms with E-state index in [1.165, 1.54) is 0 Å². The lowest BCUT2D eigenvalue weighted by Gasteiger charge is -2.39. The Labute approximate surface area is 84.5 Å². The van der Waals surface area contributed by atoms with E-state index in [1.54, 1.807) is 6.07 Å². The van der Waals surface area contributed by atoms with E-state index in [1.807, 2.05) is 19.2 Å². The van der Waals surface area contributed by atoms with Crippen LogP contribution >= 0.6 is 0 Å². The molecule has 0 aliphatic carbocycles. The number of likely N-dealkylation sites (N-methyl/N-ethyl adjacent to an activating group) is 1. The maximum atomic E-state index is 9.78. The number of phenols is 1. The molecule has 0 atom stereocenters. The van der Waals surface area contributed by atoms with Gasteiger partial charge in [-0.05, 0) is 19.9 Å². The van der Waals surface area contributed by atoms with Crippen LogP contribution in [0.25, 0.3) is 6.08 Å². The van der Waals surface area contributed by atoms with Crippen LogP contribution in [0.1, 0.15) is 19.4 Å². The van der Waals surface area contributed by atoms with Gasteiger partial charge in [0.1, 0.15) is 5.75 Å². The molecule has 0 unspecified atom stereocenters. The lowest BCUT2D eigenvalue weighted by atomic mass is 9.94. The van der Waals surface area contributed by atoms with Crippen LogP contribution in [0.5, 0.6) is 5.75 Å². The highest BCUT2D eigenvalue weighted by molar-refractivity contribution is 5.77. The summed E-state index contributed by atoms with van der Waals surface area (Å²) in [5.74, 6) is 0.349. The van der Waals surface area contributed by atoms with Crippen LogP contribution in [0.2, 0.25) is 0 Å². The quantitative estimate of drug-likeness (QED) is 0.678. The van der Waals surface area contributed by atoms with Gasteiger partial charge in [-0.3, -0.25) is 0 Å². The van der Waals surface area contributed by atoms with Gasteiger partial charge >= 0.3 is 0 Å². The first-order chi connectivity index (χ1) is 6.52. The lowest BCUT2D eigenvalue weighted by Crippen LogP contribution is -2.41. The molecule has 1 aliphatic heterocycles. The molecule has 0 aromatic heterocycles. The maximum Gasteiger partial charge on any atom is 0.139 e. The summed E-state index contributed by atoms with van der Waals surface area (Å²) < 4.78 is 0. The molecule has 2 heteroatoms. The molecule has 0 bridgehead atoms. The van der Waals surface area contributed by atoms with E-state index in [9.17, 15) is 5.11 Å². The van der Waals surface area contributed by atoms with Gasteiger partial charge in [-0.25, -0.2) is 0 Å². The molecule has 0 radical (unpaired) electrons. The van der Waals surface area contributed by atoms with E-state index in [4.69, 9.17) is 0 Å². The number of fused-ring (bicyclic) bond motifs is 1. The van der Waals surface area contributed by atoms with E-state index >= 15 is 0 Å². The monoisotopic (exact) mass is 189 g/mol. The molecule has 1 aromatic carbocycles. The minimum atomic E-state index is -0.0359. The van der Waals surface area contributed by atoms with Crippen LogP contribution in [0, 0.1) is 0 Å². The summed E-state index contributed by atoms with van der Waals surface area (Å²) in [5.41, 5.74) is 1.96. The molecule has 2 nitrogen and oxygen atoms in total. The minimum absolute atomic E-state index is 0.0359. The average molecular weight is 189 g/mol. The highest BCUT2D eigenvalue weighted by atomic mass is 16.3. The summed E-state index contributed by atoms with van der Waals surface area (Å²) in [6.07, 6.45) is 4.21. The first kappa shape index (κ1) is 9.13. The molecule has 0 spiro atoms. The second-order valence-electron chi connectivity index (χ2n) is 4.26. The van der Waals surface area contributed by atoms with Gasteiger partial charge in [-0.1, -0.05) is 24.3 Å². The number of rotatable bonds is 0. The Morgan fingerprint density at radius 2 is 2.00 bits per heavy atom. The molecule has 0 saturated carbocycles. The summed E-state index contributed by atoms with van der Waals surface area (Å²) in [7, 11) is 2.00. The van der Waals surface area contributed by atoms with Crippen LogP contribution in [0.3, 0.4) is 0 Å². The smallest absolute Gasteiger partial charge is 0.139 e. The van der Waals surface area contributed by atoms with Gasteiger partial charge in [-0.15, -0.1) is 0 Å². The Bertz CT molecular complexity index is 393. The SMILES string of the molecule is CN1c2c(O)cccc2C=CC1(C)C. The molecule has 0 saturated heterocycles. The summed E-state index contributed by atoms with van der Waals surface area (Å²) in [6, 6.07) is 5.60. The number of hydrogen-bond donors (Lipinski definition) is 1. The van der Waals surface area contributed by atoms with Gasteiger partial charge in [0.25, 0.3) is 0 Å². The Hall–Kier alpha value is -1.44. The van der Waals surface area contributed by atoms with Crippen molar-refractivity contribution < 1.29 is 5.11 Å². The summed E-state index contributed by atoms with van der Waals surface area (Å²) in [4.78, 5) is 2.09. The molecule has 0 amide bonds. The van der Waals surface area contributed by atoms with E-state index in [-0.39, 0.29) is 5.54 Å². The standard InChI is InChI=1S/C12H15NO/c1-12(2)8-7-9-5-4-6-10(14)11(9)13(12)3/h4-8,14H,1-3H3. The molecule has 1 aliphatic rings. The largest absolute Gasteiger partial charge is 0.506 e. The predicted octanol–water partition coefficient (Wildman–Crippen LogP) is 2.63. The van der Waals surface area contributed by atoms with Crippen molar-refractivity contribution in [3.8, 4) is 5.75 Å².